The maximum absolute atomic E-state index is 12.4. The fraction of sp³-hybridized carbons (Fsp3) is 0.211. The van der Waals surface area contributed by atoms with Crippen molar-refractivity contribution in [3.8, 4) is 0 Å². The second-order valence-corrected chi connectivity index (χ2v) is 8.71. The van der Waals surface area contributed by atoms with Gasteiger partial charge >= 0.3 is 0 Å². The molecule has 5 nitrogen and oxygen atoms in total. The average Bonchev–Trinajstić information content (AvgIpc) is 2.97. The van der Waals surface area contributed by atoms with E-state index in [0.29, 0.717) is 10.7 Å². The van der Waals surface area contributed by atoms with E-state index in [0.717, 1.165) is 22.2 Å². The van der Waals surface area contributed by atoms with Crippen LogP contribution in [0.15, 0.2) is 53.4 Å². The number of hydrogen-bond donors (Lipinski definition) is 1. The van der Waals surface area contributed by atoms with Crippen molar-refractivity contribution in [1.29, 1.82) is 0 Å². The summed E-state index contributed by atoms with van der Waals surface area (Å²) >= 11 is 8.34. The Balaban J connectivity index is 1.55. The fourth-order valence-corrected chi connectivity index (χ4v) is 4.14. The van der Waals surface area contributed by atoms with Crippen LogP contribution in [0.25, 0.3) is 0 Å². The van der Waals surface area contributed by atoms with Crippen molar-refractivity contribution in [2.75, 3.05) is 11.1 Å². The zero-order valence-electron chi connectivity index (χ0n) is 14.5. The Morgan fingerprint density at radius 3 is 2.44 bits per heavy atom. The van der Waals surface area contributed by atoms with Crippen molar-refractivity contribution < 1.29 is 14.4 Å². The van der Waals surface area contributed by atoms with Gasteiger partial charge < -0.3 is 5.32 Å². The first-order valence-corrected chi connectivity index (χ1v) is 10.5. The van der Waals surface area contributed by atoms with Crippen LogP contribution in [0.4, 0.5) is 10.5 Å². The van der Waals surface area contributed by atoms with Gasteiger partial charge in [-0.25, -0.2) is 0 Å². The molecule has 0 aliphatic carbocycles. The highest BCUT2D eigenvalue weighted by Crippen LogP contribution is 2.26. The van der Waals surface area contributed by atoms with Gasteiger partial charge in [-0.15, -0.1) is 11.8 Å². The number of benzene rings is 2. The van der Waals surface area contributed by atoms with Crippen molar-refractivity contribution in [3.63, 3.8) is 0 Å². The summed E-state index contributed by atoms with van der Waals surface area (Å²) in [6.07, 6.45) is 0. The second kappa shape index (κ2) is 8.82. The maximum Gasteiger partial charge on any atom is 0.289 e. The topological polar surface area (TPSA) is 66.5 Å². The lowest BCUT2D eigenvalue weighted by molar-refractivity contribution is -0.125. The third-order valence-corrected chi connectivity index (χ3v) is 6.12. The molecule has 1 fully saturated rings. The number of anilines is 1. The van der Waals surface area contributed by atoms with Crippen LogP contribution in [-0.2, 0) is 16.1 Å². The lowest BCUT2D eigenvalue weighted by atomic mass is 10.2. The van der Waals surface area contributed by atoms with Crippen LogP contribution < -0.4 is 5.32 Å². The molecule has 1 unspecified atom stereocenters. The summed E-state index contributed by atoms with van der Waals surface area (Å²) in [7, 11) is 0. The van der Waals surface area contributed by atoms with Crippen LogP contribution in [0.2, 0.25) is 5.02 Å². The number of imide groups is 1. The Labute approximate surface area is 170 Å². The van der Waals surface area contributed by atoms with E-state index >= 15 is 0 Å². The predicted octanol–water partition coefficient (Wildman–Crippen LogP) is 4.65. The monoisotopic (exact) mass is 420 g/mol. The highest BCUT2D eigenvalue weighted by Gasteiger charge is 2.29. The van der Waals surface area contributed by atoms with Crippen LogP contribution in [0, 0.1) is 0 Å². The van der Waals surface area contributed by atoms with Gasteiger partial charge in [-0.2, -0.15) is 0 Å². The first kappa shape index (κ1) is 19.8. The average molecular weight is 421 g/mol. The molecule has 1 aliphatic rings. The molecular formula is C19H17ClN2O3S2. The van der Waals surface area contributed by atoms with Gasteiger partial charge in [0.1, 0.15) is 0 Å². The van der Waals surface area contributed by atoms with Crippen molar-refractivity contribution >= 4 is 57.9 Å². The number of halogens is 1. The van der Waals surface area contributed by atoms with E-state index in [-0.39, 0.29) is 34.6 Å². The van der Waals surface area contributed by atoms with Crippen molar-refractivity contribution in [2.45, 2.75) is 23.6 Å². The number of amides is 3. The van der Waals surface area contributed by atoms with Gasteiger partial charge in [0.15, 0.2) is 0 Å². The Kier molecular flexibility index (Phi) is 6.46. The summed E-state index contributed by atoms with van der Waals surface area (Å²) in [6, 6.07) is 14.5. The number of thioether (sulfide) groups is 2. The number of carbonyl (C=O) groups excluding carboxylic acids is 3. The van der Waals surface area contributed by atoms with E-state index in [4.69, 9.17) is 11.6 Å². The molecule has 0 spiro atoms. The lowest BCUT2D eigenvalue weighted by Gasteiger charge is -2.14. The molecule has 1 heterocycles. The summed E-state index contributed by atoms with van der Waals surface area (Å²) in [5, 5.41) is 3.04. The molecule has 2 aromatic carbocycles. The van der Waals surface area contributed by atoms with Gasteiger partial charge in [-0.05, 0) is 48.9 Å². The number of nitrogens with zero attached hydrogens (tertiary/aromatic N) is 1. The van der Waals surface area contributed by atoms with Crippen molar-refractivity contribution in [3.05, 3.63) is 59.1 Å². The molecule has 0 radical (unpaired) electrons. The Bertz CT molecular complexity index is 840. The molecule has 1 atom stereocenters. The van der Waals surface area contributed by atoms with E-state index in [9.17, 15) is 14.4 Å². The summed E-state index contributed by atoms with van der Waals surface area (Å²) < 4.78 is 0. The zero-order chi connectivity index (χ0) is 19.4. The maximum atomic E-state index is 12.4. The molecule has 1 aliphatic heterocycles. The van der Waals surface area contributed by atoms with Crippen molar-refractivity contribution in [1.82, 2.24) is 4.90 Å². The predicted molar refractivity (Wildman–Crippen MR) is 110 cm³/mol. The Morgan fingerprint density at radius 1 is 1.19 bits per heavy atom. The summed E-state index contributed by atoms with van der Waals surface area (Å²) in [4.78, 5) is 37.9. The minimum Gasteiger partial charge on any atom is -0.325 e. The van der Waals surface area contributed by atoms with E-state index in [1.807, 2.05) is 19.1 Å². The Morgan fingerprint density at radius 2 is 1.85 bits per heavy atom. The van der Waals surface area contributed by atoms with Crippen LogP contribution in [-0.4, -0.2) is 33.0 Å². The van der Waals surface area contributed by atoms with E-state index in [1.165, 1.54) is 16.7 Å². The fourth-order valence-electron chi connectivity index (χ4n) is 2.42. The van der Waals surface area contributed by atoms with E-state index in [1.54, 1.807) is 36.4 Å². The van der Waals surface area contributed by atoms with Gasteiger partial charge in [0, 0.05) is 15.6 Å². The van der Waals surface area contributed by atoms with Crippen LogP contribution in [0.3, 0.4) is 0 Å². The third kappa shape index (κ3) is 5.28. The van der Waals surface area contributed by atoms with E-state index < -0.39 is 0 Å². The summed E-state index contributed by atoms with van der Waals surface area (Å²) in [5.41, 5.74) is 1.50. The molecule has 27 heavy (non-hydrogen) atoms. The van der Waals surface area contributed by atoms with Gasteiger partial charge in [0.25, 0.3) is 5.24 Å². The summed E-state index contributed by atoms with van der Waals surface area (Å²) in [6.45, 7) is 2.09. The molecule has 2 aromatic rings. The Hall–Kier alpha value is -1.96. The van der Waals surface area contributed by atoms with Crippen molar-refractivity contribution in [2.24, 2.45) is 0 Å². The van der Waals surface area contributed by atoms with Gasteiger partial charge in [0.05, 0.1) is 17.5 Å². The number of nitrogens with one attached hydrogen (secondary N) is 1. The molecule has 3 amide bonds. The van der Waals surface area contributed by atoms with Gasteiger partial charge in [0.2, 0.25) is 11.8 Å². The molecule has 0 bridgehead atoms. The molecule has 3 rings (SSSR count). The molecule has 1 N–H and O–H groups in total. The minimum atomic E-state index is -0.275. The normalized spacial score (nSPS) is 15.1. The first-order chi connectivity index (χ1) is 12.9. The third-order valence-electron chi connectivity index (χ3n) is 3.90. The van der Waals surface area contributed by atoms with Crippen LogP contribution in [0.5, 0.6) is 0 Å². The second-order valence-electron chi connectivity index (χ2n) is 5.93. The largest absolute Gasteiger partial charge is 0.325 e. The molecule has 1 saturated heterocycles. The van der Waals surface area contributed by atoms with Crippen LogP contribution in [0.1, 0.15) is 12.5 Å². The highest BCUT2D eigenvalue weighted by molar-refractivity contribution is 8.14. The minimum absolute atomic E-state index is 0.107. The molecule has 0 aromatic heterocycles. The SMILES string of the molecule is CC(Sc1ccc(Cl)cc1)C(=O)Nc1ccc(CN2C(=O)CSC2=O)cc1. The smallest absolute Gasteiger partial charge is 0.289 e. The first-order valence-electron chi connectivity index (χ1n) is 8.21. The van der Waals surface area contributed by atoms with Gasteiger partial charge in [-0.3, -0.25) is 19.3 Å². The molecule has 0 saturated carbocycles. The quantitative estimate of drug-likeness (QED) is 0.688. The summed E-state index contributed by atoms with van der Waals surface area (Å²) in [5.74, 6) is -0.0738. The van der Waals surface area contributed by atoms with Crippen LogP contribution >= 0.6 is 35.1 Å². The highest BCUT2D eigenvalue weighted by atomic mass is 35.5. The number of hydrogen-bond acceptors (Lipinski definition) is 5. The standard InChI is InChI=1S/C19H17ClN2O3S2/c1-12(27-16-8-4-14(20)5-9-16)18(24)21-15-6-2-13(3-7-15)10-22-17(23)11-26-19(22)25/h2-9,12H,10-11H2,1H3,(H,21,24). The molecular weight excluding hydrogens is 404 g/mol. The number of carbonyl (C=O) groups is 3. The molecule has 8 heteroatoms. The number of rotatable bonds is 6. The van der Waals surface area contributed by atoms with Gasteiger partial charge in [-0.1, -0.05) is 35.5 Å². The molecule has 140 valence electrons. The van der Waals surface area contributed by atoms with E-state index in [2.05, 4.69) is 5.32 Å². The zero-order valence-corrected chi connectivity index (χ0v) is 16.9. The lowest BCUT2D eigenvalue weighted by Crippen LogP contribution is -2.27.